The van der Waals surface area contributed by atoms with Crippen molar-refractivity contribution in [3.05, 3.63) is 11.6 Å². The van der Waals surface area contributed by atoms with Crippen molar-refractivity contribution in [2.75, 3.05) is 33.4 Å². The summed E-state index contributed by atoms with van der Waals surface area (Å²) >= 11 is 0. The molecule has 4 heteroatoms. The Morgan fingerprint density at radius 3 is 2.50 bits per heavy atom. The lowest BCUT2D eigenvalue weighted by molar-refractivity contribution is -0.127. The van der Waals surface area contributed by atoms with Gasteiger partial charge < -0.3 is 14.7 Å². The smallest absolute Gasteiger partial charge is 0.246 e. The van der Waals surface area contributed by atoms with E-state index in [9.17, 15) is 4.79 Å². The summed E-state index contributed by atoms with van der Waals surface area (Å²) in [5.74, 6) is -0.0731. The summed E-state index contributed by atoms with van der Waals surface area (Å²) in [6, 6.07) is 0. The van der Waals surface area contributed by atoms with Gasteiger partial charge in [0.15, 0.2) is 0 Å². The molecule has 0 heterocycles. The Balaban J connectivity index is 4.17. The number of amides is 1. The number of carbonyl (C=O) groups is 1. The van der Waals surface area contributed by atoms with Crippen LogP contribution >= 0.6 is 0 Å². The van der Waals surface area contributed by atoms with Crippen molar-refractivity contribution in [1.29, 1.82) is 0 Å². The van der Waals surface area contributed by atoms with Crippen molar-refractivity contribution >= 4 is 5.91 Å². The number of aliphatic hydroxyl groups excluding tert-OH is 1. The second kappa shape index (κ2) is 7.53. The lowest BCUT2D eigenvalue weighted by atomic mass is 10.3. The van der Waals surface area contributed by atoms with Crippen molar-refractivity contribution in [3.8, 4) is 0 Å². The highest BCUT2D eigenvalue weighted by atomic mass is 16.5. The molecule has 0 saturated heterocycles. The second-order valence-corrected chi connectivity index (χ2v) is 3.26. The van der Waals surface area contributed by atoms with Crippen LogP contribution in [0.4, 0.5) is 0 Å². The Kier molecular flexibility index (Phi) is 7.06. The van der Waals surface area contributed by atoms with Crippen LogP contribution in [-0.2, 0) is 9.53 Å². The van der Waals surface area contributed by atoms with Gasteiger partial charge in [-0.15, -0.1) is 0 Å². The fourth-order valence-corrected chi connectivity index (χ4v) is 0.993. The summed E-state index contributed by atoms with van der Waals surface area (Å²) in [4.78, 5) is 13.1. The van der Waals surface area contributed by atoms with Gasteiger partial charge in [0.05, 0.1) is 13.2 Å². The molecule has 0 aromatic rings. The molecule has 0 radical (unpaired) electrons. The Hall–Kier alpha value is -0.870. The van der Waals surface area contributed by atoms with Crippen molar-refractivity contribution in [2.45, 2.75) is 13.8 Å². The van der Waals surface area contributed by atoms with E-state index in [0.29, 0.717) is 19.7 Å². The van der Waals surface area contributed by atoms with E-state index in [0.717, 1.165) is 5.57 Å². The molecular formula is C10H19NO3. The van der Waals surface area contributed by atoms with Gasteiger partial charge >= 0.3 is 0 Å². The SMILES string of the molecule is COCCN(CCO)C(=O)C=C(C)C. The van der Waals surface area contributed by atoms with Crippen LogP contribution in [0.25, 0.3) is 0 Å². The molecule has 0 aliphatic heterocycles. The van der Waals surface area contributed by atoms with Gasteiger partial charge in [-0.1, -0.05) is 5.57 Å². The largest absolute Gasteiger partial charge is 0.395 e. The van der Waals surface area contributed by atoms with Gasteiger partial charge in [0.1, 0.15) is 0 Å². The van der Waals surface area contributed by atoms with Gasteiger partial charge in [-0.25, -0.2) is 0 Å². The Morgan fingerprint density at radius 2 is 2.07 bits per heavy atom. The van der Waals surface area contributed by atoms with E-state index in [1.165, 1.54) is 0 Å². The standard InChI is InChI=1S/C10H19NO3/c1-9(2)8-10(13)11(4-6-12)5-7-14-3/h8,12H,4-7H2,1-3H3. The van der Waals surface area contributed by atoms with E-state index in [4.69, 9.17) is 9.84 Å². The first-order chi connectivity index (χ1) is 6.61. The highest BCUT2D eigenvalue weighted by molar-refractivity contribution is 5.88. The Morgan fingerprint density at radius 1 is 1.43 bits per heavy atom. The summed E-state index contributed by atoms with van der Waals surface area (Å²) in [7, 11) is 1.59. The molecule has 0 aliphatic carbocycles. The molecule has 0 aliphatic rings. The van der Waals surface area contributed by atoms with Crippen LogP contribution in [0.5, 0.6) is 0 Å². The van der Waals surface area contributed by atoms with Gasteiger partial charge in [0, 0.05) is 26.3 Å². The predicted octanol–water partition coefficient (Wildman–Crippen LogP) is 0.420. The zero-order valence-electron chi connectivity index (χ0n) is 9.12. The number of rotatable bonds is 6. The molecule has 0 saturated carbocycles. The molecule has 1 N–H and O–H groups in total. The molecule has 14 heavy (non-hydrogen) atoms. The molecule has 0 rings (SSSR count). The molecule has 82 valence electrons. The first-order valence-electron chi connectivity index (χ1n) is 4.65. The normalized spacial score (nSPS) is 9.71. The summed E-state index contributed by atoms with van der Waals surface area (Å²) in [6.45, 7) is 5.07. The molecule has 0 atom stereocenters. The van der Waals surface area contributed by atoms with Gasteiger partial charge in [-0.3, -0.25) is 4.79 Å². The van der Waals surface area contributed by atoms with Crippen LogP contribution in [0.15, 0.2) is 11.6 Å². The van der Waals surface area contributed by atoms with Gasteiger partial charge in [0.2, 0.25) is 5.91 Å². The quantitative estimate of drug-likeness (QED) is 0.634. The third kappa shape index (κ3) is 5.72. The minimum Gasteiger partial charge on any atom is -0.395 e. The number of aliphatic hydroxyl groups is 1. The molecule has 0 aromatic heterocycles. The van der Waals surface area contributed by atoms with Crippen molar-refractivity contribution in [1.82, 2.24) is 4.90 Å². The van der Waals surface area contributed by atoms with Gasteiger partial charge in [-0.05, 0) is 13.8 Å². The lowest BCUT2D eigenvalue weighted by Crippen LogP contribution is -2.35. The molecule has 0 bridgehead atoms. The van der Waals surface area contributed by atoms with Crippen LogP contribution < -0.4 is 0 Å². The van der Waals surface area contributed by atoms with Crippen LogP contribution in [-0.4, -0.2) is 49.3 Å². The number of carbonyl (C=O) groups excluding carboxylic acids is 1. The third-order valence-electron chi connectivity index (χ3n) is 1.66. The third-order valence-corrected chi connectivity index (χ3v) is 1.66. The number of ether oxygens (including phenoxy) is 1. The van der Waals surface area contributed by atoms with Gasteiger partial charge in [-0.2, -0.15) is 0 Å². The average molecular weight is 201 g/mol. The van der Waals surface area contributed by atoms with E-state index in [-0.39, 0.29) is 12.5 Å². The minimum absolute atomic E-state index is 0.0218. The van der Waals surface area contributed by atoms with Crippen molar-refractivity contribution in [2.24, 2.45) is 0 Å². The zero-order chi connectivity index (χ0) is 11.0. The Bertz CT molecular complexity index is 198. The average Bonchev–Trinajstić information content (AvgIpc) is 2.10. The highest BCUT2D eigenvalue weighted by Crippen LogP contribution is 1.96. The van der Waals surface area contributed by atoms with Crippen molar-refractivity contribution in [3.63, 3.8) is 0 Å². The van der Waals surface area contributed by atoms with Crippen LogP contribution in [0.2, 0.25) is 0 Å². The number of allylic oxidation sites excluding steroid dienone is 1. The maximum Gasteiger partial charge on any atom is 0.246 e. The first kappa shape index (κ1) is 13.1. The second-order valence-electron chi connectivity index (χ2n) is 3.26. The predicted molar refractivity (Wildman–Crippen MR) is 55.0 cm³/mol. The lowest BCUT2D eigenvalue weighted by Gasteiger charge is -2.19. The molecule has 0 fully saturated rings. The maximum absolute atomic E-state index is 11.5. The monoisotopic (exact) mass is 201 g/mol. The molecule has 1 amide bonds. The maximum atomic E-state index is 11.5. The van der Waals surface area contributed by atoms with Crippen LogP contribution in [0.3, 0.4) is 0 Å². The molecule has 0 spiro atoms. The molecule has 0 aromatic carbocycles. The molecular weight excluding hydrogens is 182 g/mol. The molecule has 4 nitrogen and oxygen atoms in total. The van der Waals surface area contributed by atoms with E-state index in [1.54, 1.807) is 18.1 Å². The number of hydrogen-bond acceptors (Lipinski definition) is 3. The van der Waals surface area contributed by atoms with Crippen LogP contribution in [0, 0.1) is 0 Å². The summed E-state index contributed by atoms with van der Waals surface area (Å²) < 4.78 is 4.88. The Labute approximate surface area is 85.2 Å². The fourth-order valence-electron chi connectivity index (χ4n) is 0.993. The summed E-state index contributed by atoms with van der Waals surface area (Å²) in [5, 5.41) is 8.76. The van der Waals surface area contributed by atoms with Crippen molar-refractivity contribution < 1.29 is 14.6 Å². The van der Waals surface area contributed by atoms with E-state index >= 15 is 0 Å². The summed E-state index contributed by atoms with van der Waals surface area (Å²) in [5.41, 5.74) is 0.954. The summed E-state index contributed by atoms with van der Waals surface area (Å²) in [6.07, 6.45) is 1.56. The van der Waals surface area contributed by atoms with E-state index in [2.05, 4.69) is 0 Å². The molecule has 0 unspecified atom stereocenters. The highest BCUT2D eigenvalue weighted by Gasteiger charge is 2.09. The topological polar surface area (TPSA) is 49.8 Å². The minimum atomic E-state index is -0.0731. The number of methoxy groups -OCH3 is 1. The number of hydrogen-bond donors (Lipinski definition) is 1. The number of nitrogens with zero attached hydrogens (tertiary/aromatic N) is 1. The fraction of sp³-hybridized carbons (Fsp3) is 0.700. The van der Waals surface area contributed by atoms with Crippen LogP contribution in [0.1, 0.15) is 13.8 Å². The van der Waals surface area contributed by atoms with E-state index < -0.39 is 0 Å². The van der Waals surface area contributed by atoms with Gasteiger partial charge in [0.25, 0.3) is 0 Å². The first-order valence-corrected chi connectivity index (χ1v) is 4.65. The zero-order valence-corrected chi connectivity index (χ0v) is 9.12. The van der Waals surface area contributed by atoms with E-state index in [1.807, 2.05) is 13.8 Å².